The minimum Gasteiger partial charge on any atom is -0.464 e. The standard InChI is InChI=1S/C26H27FN2O3/c1-16-12-17(2)24-19(15-32-21(24)13-16)14-23(31)29-11-3-9-26(10-8-22(30)28-26)25(29)18-4-6-20(27)7-5-18/h4-7,12-13,15,25H,3,8-11,14H2,1-2H3,(H,28,30)/t25-,26+/m1/s1. The van der Waals surface area contributed by atoms with Gasteiger partial charge < -0.3 is 14.6 Å². The van der Waals surface area contributed by atoms with E-state index >= 15 is 0 Å². The van der Waals surface area contributed by atoms with Gasteiger partial charge in [-0.15, -0.1) is 0 Å². The van der Waals surface area contributed by atoms with E-state index in [1.807, 2.05) is 24.8 Å². The van der Waals surface area contributed by atoms with Gasteiger partial charge in [0.1, 0.15) is 11.4 Å². The van der Waals surface area contributed by atoms with Crippen LogP contribution in [-0.2, 0) is 16.0 Å². The maximum Gasteiger partial charge on any atom is 0.227 e. The molecule has 32 heavy (non-hydrogen) atoms. The minimum atomic E-state index is -0.506. The molecule has 0 saturated carbocycles. The van der Waals surface area contributed by atoms with Crippen LogP contribution in [0, 0.1) is 19.7 Å². The van der Waals surface area contributed by atoms with Crippen LogP contribution in [0.15, 0.2) is 47.1 Å². The number of carbonyl (C=O) groups is 2. The van der Waals surface area contributed by atoms with Crippen LogP contribution in [0.5, 0.6) is 0 Å². The summed E-state index contributed by atoms with van der Waals surface area (Å²) >= 11 is 0. The quantitative estimate of drug-likeness (QED) is 0.648. The van der Waals surface area contributed by atoms with E-state index < -0.39 is 5.54 Å². The summed E-state index contributed by atoms with van der Waals surface area (Å²) in [6.45, 7) is 4.66. The minimum absolute atomic E-state index is 0.0118. The third-order valence-corrected chi connectivity index (χ3v) is 6.98. The second-order valence-corrected chi connectivity index (χ2v) is 9.24. The van der Waals surface area contributed by atoms with E-state index in [0.29, 0.717) is 19.4 Å². The normalized spacial score (nSPS) is 23.2. The fraction of sp³-hybridized carbons (Fsp3) is 0.385. The number of hydrogen-bond acceptors (Lipinski definition) is 3. The summed E-state index contributed by atoms with van der Waals surface area (Å²) in [6.07, 6.45) is 4.64. The molecule has 0 aliphatic carbocycles. The lowest BCUT2D eigenvalue weighted by Gasteiger charge is -2.48. The molecule has 1 N–H and O–H groups in total. The number of amides is 2. The van der Waals surface area contributed by atoms with E-state index in [-0.39, 0.29) is 30.1 Å². The van der Waals surface area contributed by atoms with Crippen LogP contribution in [0.2, 0.25) is 0 Å². The lowest BCUT2D eigenvalue weighted by Crippen LogP contribution is -2.58. The maximum absolute atomic E-state index is 13.7. The van der Waals surface area contributed by atoms with Gasteiger partial charge in [-0.1, -0.05) is 18.2 Å². The number of likely N-dealkylation sites (tertiary alicyclic amines) is 1. The van der Waals surface area contributed by atoms with Gasteiger partial charge in [0, 0.05) is 23.9 Å². The van der Waals surface area contributed by atoms with Gasteiger partial charge in [0.25, 0.3) is 0 Å². The molecule has 2 aromatic carbocycles. The predicted octanol–water partition coefficient (Wildman–Crippen LogP) is 4.74. The summed E-state index contributed by atoms with van der Waals surface area (Å²) < 4.78 is 19.4. The second kappa shape index (κ2) is 7.76. The van der Waals surface area contributed by atoms with Crippen LogP contribution >= 0.6 is 0 Å². The lowest BCUT2D eigenvalue weighted by molar-refractivity contribution is -0.138. The van der Waals surface area contributed by atoms with Crippen molar-refractivity contribution in [2.45, 2.75) is 57.5 Å². The highest BCUT2D eigenvalue weighted by molar-refractivity contribution is 5.90. The molecule has 2 fully saturated rings. The zero-order valence-electron chi connectivity index (χ0n) is 18.4. The number of hydrogen-bond donors (Lipinski definition) is 1. The monoisotopic (exact) mass is 434 g/mol. The first kappa shape index (κ1) is 20.7. The van der Waals surface area contributed by atoms with Gasteiger partial charge in [-0.2, -0.15) is 0 Å². The third-order valence-electron chi connectivity index (χ3n) is 6.98. The summed E-state index contributed by atoms with van der Waals surface area (Å²) in [5, 5.41) is 4.17. The van der Waals surface area contributed by atoms with Crippen LogP contribution in [0.3, 0.4) is 0 Å². The highest BCUT2D eigenvalue weighted by Crippen LogP contribution is 2.45. The second-order valence-electron chi connectivity index (χ2n) is 9.24. The van der Waals surface area contributed by atoms with Crippen molar-refractivity contribution in [3.63, 3.8) is 0 Å². The number of piperidine rings is 1. The summed E-state index contributed by atoms with van der Waals surface area (Å²) in [5.74, 6) is -0.317. The molecule has 2 saturated heterocycles. The average Bonchev–Trinajstić information content (AvgIpc) is 3.32. The molecular weight excluding hydrogens is 407 g/mol. The van der Waals surface area contributed by atoms with Gasteiger partial charge >= 0.3 is 0 Å². The number of nitrogens with one attached hydrogen (secondary N) is 1. The molecule has 2 amide bonds. The maximum atomic E-state index is 13.7. The van der Waals surface area contributed by atoms with Gasteiger partial charge in [0.05, 0.1) is 24.3 Å². The fourth-order valence-corrected chi connectivity index (χ4v) is 5.69. The Morgan fingerprint density at radius 2 is 2.00 bits per heavy atom. The molecule has 3 heterocycles. The smallest absolute Gasteiger partial charge is 0.227 e. The van der Waals surface area contributed by atoms with Crippen molar-refractivity contribution in [1.82, 2.24) is 10.2 Å². The summed E-state index contributed by atoms with van der Waals surface area (Å²) in [6, 6.07) is 10.1. The average molecular weight is 435 g/mol. The number of furan rings is 1. The molecule has 2 atom stereocenters. The fourth-order valence-electron chi connectivity index (χ4n) is 5.69. The largest absolute Gasteiger partial charge is 0.464 e. The molecule has 0 bridgehead atoms. The van der Waals surface area contributed by atoms with E-state index in [2.05, 4.69) is 11.4 Å². The number of nitrogens with zero attached hydrogens (tertiary/aromatic N) is 1. The summed E-state index contributed by atoms with van der Waals surface area (Å²) in [7, 11) is 0. The molecule has 166 valence electrons. The Labute approximate surface area is 186 Å². The van der Waals surface area contributed by atoms with Crippen LogP contribution < -0.4 is 5.32 Å². The molecule has 5 nitrogen and oxygen atoms in total. The number of benzene rings is 2. The molecule has 5 rings (SSSR count). The summed E-state index contributed by atoms with van der Waals surface area (Å²) in [4.78, 5) is 27.7. The molecular formula is C26H27FN2O3. The predicted molar refractivity (Wildman–Crippen MR) is 120 cm³/mol. The zero-order valence-corrected chi connectivity index (χ0v) is 18.4. The Hall–Kier alpha value is -3.15. The van der Waals surface area contributed by atoms with Gasteiger partial charge in [0.15, 0.2) is 0 Å². The van der Waals surface area contributed by atoms with Crippen molar-refractivity contribution in [3.05, 3.63) is 70.7 Å². The number of aryl methyl sites for hydroxylation is 2. The number of carbonyl (C=O) groups excluding carboxylic acids is 2. The summed E-state index contributed by atoms with van der Waals surface area (Å²) in [5.41, 5.74) is 4.21. The molecule has 0 unspecified atom stereocenters. The zero-order chi connectivity index (χ0) is 22.5. The Kier molecular flexibility index (Phi) is 5.03. The van der Waals surface area contributed by atoms with Crippen molar-refractivity contribution in [1.29, 1.82) is 0 Å². The van der Waals surface area contributed by atoms with E-state index in [4.69, 9.17) is 4.42 Å². The highest BCUT2D eigenvalue weighted by Gasteiger charge is 2.50. The molecule has 3 aromatic rings. The molecule has 1 aromatic heterocycles. The number of rotatable bonds is 3. The van der Waals surface area contributed by atoms with Crippen LogP contribution in [0.4, 0.5) is 4.39 Å². The first-order chi connectivity index (χ1) is 15.4. The Bertz CT molecular complexity index is 1200. The molecule has 0 radical (unpaired) electrons. The lowest BCUT2D eigenvalue weighted by atomic mass is 9.76. The van der Waals surface area contributed by atoms with Crippen molar-refractivity contribution in [3.8, 4) is 0 Å². The first-order valence-electron chi connectivity index (χ1n) is 11.2. The van der Waals surface area contributed by atoms with E-state index in [1.54, 1.807) is 18.4 Å². The highest BCUT2D eigenvalue weighted by atomic mass is 19.1. The van der Waals surface area contributed by atoms with Gasteiger partial charge in [-0.25, -0.2) is 4.39 Å². The van der Waals surface area contributed by atoms with Gasteiger partial charge in [-0.3, -0.25) is 9.59 Å². The molecule has 2 aliphatic rings. The third kappa shape index (κ3) is 3.48. The van der Waals surface area contributed by atoms with Crippen LogP contribution in [0.25, 0.3) is 11.0 Å². The van der Waals surface area contributed by atoms with Gasteiger partial charge in [-0.05, 0) is 68.0 Å². The SMILES string of the molecule is Cc1cc(C)c2c(CC(=O)N3CCC[C@]4(CCC(=O)N4)[C@H]3c3ccc(F)cc3)coc2c1. The molecule has 2 aliphatic heterocycles. The van der Waals surface area contributed by atoms with Crippen LogP contribution in [0.1, 0.15) is 54.0 Å². The van der Waals surface area contributed by atoms with Crippen molar-refractivity contribution >= 4 is 22.8 Å². The Balaban J connectivity index is 1.51. The first-order valence-corrected chi connectivity index (χ1v) is 11.2. The van der Waals surface area contributed by atoms with E-state index in [0.717, 1.165) is 46.1 Å². The van der Waals surface area contributed by atoms with Gasteiger partial charge in [0.2, 0.25) is 11.8 Å². The molecule has 6 heteroatoms. The van der Waals surface area contributed by atoms with E-state index in [9.17, 15) is 14.0 Å². The van der Waals surface area contributed by atoms with E-state index in [1.165, 1.54) is 12.1 Å². The van der Waals surface area contributed by atoms with Crippen molar-refractivity contribution < 1.29 is 18.4 Å². The van der Waals surface area contributed by atoms with Crippen molar-refractivity contribution in [2.24, 2.45) is 0 Å². The Morgan fingerprint density at radius 1 is 1.22 bits per heavy atom. The Morgan fingerprint density at radius 3 is 2.72 bits per heavy atom. The molecule has 1 spiro atoms. The van der Waals surface area contributed by atoms with Crippen LogP contribution in [-0.4, -0.2) is 28.8 Å². The number of halogens is 1. The topological polar surface area (TPSA) is 62.6 Å². The number of fused-ring (bicyclic) bond motifs is 1. The van der Waals surface area contributed by atoms with Crippen molar-refractivity contribution in [2.75, 3.05) is 6.54 Å².